The molecule has 0 aliphatic heterocycles. The lowest BCUT2D eigenvalue weighted by molar-refractivity contribution is 0.0484. The summed E-state index contributed by atoms with van der Waals surface area (Å²) in [5, 5.41) is 5.95. The standard InChI is InChI=1S/C10H18N4O2/c1-2-3-4-5-6-7-16-9(15)8-12-10(11)14-13-8/h2-7H2,1H3,(H3,11,12,13,14). The molecule has 1 aromatic heterocycles. The van der Waals surface area contributed by atoms with Crippen LogP contribution in [0.3, 0.4) is 0 Å². The van der Waals surface area contributed by atoms with E-state index in [1.165, 1.54) is 19.3 Å². The second-order valence-electron chi connectivity index (χ2n) is 3.59. The summed E-state index contributed by atoms with van der Waals surface area (Å²) in [6.07, 6.45) is 5.59. The van der Waals surface area contributed by atoms with Crippen LogP contribution in [0.2, 0.25) is 0 Å². The molecule has 0 saturated heterocycles. The summed E-state index contributed by atoms with van der Waals surface area (Å²) in [6.45, 7) is 2.58. The van der Waals surface area contributed by atoms with E-state index in [2.05, 4.69) is 22.1 Å². The predicted octanol–water partition coefficient (Wildman–Crippen LogP) is 1.51. The molecule has 1 heterocycles. The van der Waals surface area contributed by atoms with E-state index in [1.807, 2.05) is 0 Å². The fourth-order valence-corrected chi connectivity index (χ4v) is 1.30. The Kier molecular flexibility index (Phi) is 5.31. The molecular weight excluding hydrogens is 208 g/mol. The first-order chi connectivity index (χ1) is 7.74. The number of nitrogens with one attached hydrogen (secondary N) is 1. The highest BCUT2D eigenvalue weighted by atomic mass is 16.5. The largest absolute Gasteiger partial charge is 0.460 e. The Labute approximate surface area is 94.6 Å². The SMILES string of the molecule is CCCCCCCOC(=O)c1nc(N)n[nH]1. The van der Waals surface area contributed by atoms with Crippen molar-refractivity contribution >= 4 is 11.9 Å². The molecule has 0 bridgehead atoms. The van der Waals surface area contributed by atoms with Gasteiger partial charge in [0.15, 0.2) is 0 Å². The van der Waals surface area contributed by atoms with Crippen molar-refractivity contribution in [3.63, 3.8) is 0 Å². The Morgan fingerprint density at radius 1 is 1.38 bits per heavy atom. The topological polar surface area (TPSA) is 93.9 Å². The van der Waals surface area contributed by atoms with Gasteiger partial charge in [-0.15, -0.1) is 5.10 Å². The van der Waals surface area contributed by atoms with Gasteiger partial charge in [-0.05, 0) is 6.42 Å². The van der Waals surface area contributed by atoms with Crippen LogP contribution in [0.1, 0.15) is 49.6 Å². The number of carbonyl (C=O) groups is 1. The van der Waals surface area contributed by atoms with Crippen molar-refractivity contribution in [3.05, 3.63) is 5.82 Å². The van der Waals surface area contributed by atoms with Crippen molar-refractivity contribution in [1.82, 2.24) is 15.2 Å². The first-order valence-corrected chi connectivity index (χ1v) is 5.59. The quantitative estimate of drug-likeness (QED) is 0.543. The molecule has 6 heteroatoms. The van der Waals surface area contributed by atoms with Crippen LogP contribution < -0.4 is 5.73 Å². The van der Waals surface area contributed by atoms with Gasteiger partial charge in [0.2, 0.25) is 11.8 Å². The molecule has 0 saturated carbocycles. The highest BCUT2D eigenvalue weighted by molar-refractivity contribution is 5.85. The molecule has 0 radical (unpaired) electrons. The van der Waals surface area contributed by atoms with E-state index in [0.29, 0.717) is 6.61 Å². The normalized spacial score (nSPS) is 10.3. The Morgan fingerprint density at radius 2 is 2.12 bits per heavy atom. The maximum Gasteiger partial charge on any atom is 0.375 e. The van der Waals surface area contributed by atoms with Crippen molar-refractivity contribution in [2.75, 3.05) is 12.3 Å². The zero-order valence-corrected chi connectivity index (χ0v) is 9.53. The van der Waals surface area contributed by atoms with Gasteiger partial charge in [-0.3, -0.25) is 5.10 Å². The van der Waals surface area contributed by atoms with Crippen molar-refractivity contribution < 1.29 is 9.53 Å². The minimum absolute atomic E-state index is 0.0508. The van der Waals surface area contributed by atoms with E-state index in [1.54, 1.807) is 0 Å². The van der Waals surface area contributed by atoms with Crippen molar-refractivity contribution in [3.8, 4) is 0 Å². The third-order valence-electron chi connectivity index (χ3n) is 2.18. The number of hydrogen-bond donors (Lipinski definition) is 2. The van der Waals surface area contributed by atoms with E-state index in [-0.39, 0.29) is 11.8 Å². The number of rotatable bonds is 7. The van der Waals surface area contributed by atoms with Gasteiger partial charge in [0, 0.05) is 0 Å². The molecule has 0 unspecified atom stereocenters. The van der Waals surface area contributed by atoms with Crippen LogP contribution in [0.25, 0.3) is 0 Å². The number of anilines is 1. The van der Waals surface area contributed by atoms with E-state index >= 15 is 0 Å². The van der Waals surface area contributed by atoms with Crippen LogP contribution in [0, 0.1) is 0 Å². The molecule has 0 aromatic carbocycles. The molecule has 0 atom stereocenters. The molecule has 3 N–H and O–H groups in total. The molecule has 0 aliphatic carbocycles. The highest BCUT2D eigenvalue weighted by Crippen LogP contribution is 2.03. The molecule has 1 rings (SSSR count). The second-order valence-corrected chi connectivity index (χ2v) is 3.59. The number of aromatic nitrogens is 3. The summed E-state index contributed by atoms with van der Waals surface area (Å²) in [4.78, 5) is 15.0. The van der Waals surface area contributed by atoms with Crippen LogP contribution in [-0.2, 0) is 4.74 Å². The van der Waals surface area contributed by atoms with Gasteiger partial charge < -0.3 is 10.5 Å². The maximum atomic E-state index is 11.3. The Hall–Kier alpha value is -1.59. The minimum atomic E-state index is -0.500. The molecule has 16 heavy (non-hydrogen) atoms. The van der Waals surface area contributed by atoms with E-state index in [0.717, 1.165) is 12.8 Å². The molecule has 1 aromatic rings. The molecule has 0 aliphatic rings. The first-order valence-electron chi connectivity index (χ1n) is 5.59. The van der Waals surface area contributed by atoms with E-state index in [9.17, 15) is 4.79 Å². The molecule has 0 fully saturated rings. The highest BCUT2D eigenvalue weighted by Gasteiger charge is 2.11. The van der Waals surface area contributed by atoms with Gasteiger partial charge in [-0.25, -0.2) is 4.79 Å². The maximum absolute atomic E-state index is 11.3. The van der Waals surface area contributed by atoms with Gasteiger partial charge in [-0.2, -0.15) is 4.98 Å². The number of nitrogen functional groups attached to an aromatic ring is 1. The molecule has 6 nitrogen and oxygen atoms in total. The number of carbonyl (C=O) groups excluding carboxylic acids is 1. The number of ether oxygens (including phenoxy) is 1. The lowest BCUT2D eigenvalue weighted by atomic mass is 10.2. The third kappa shape index (κ3) is 4.29. The van der Waals surface area contributed by atoms with E-state index in [4.69, 9.17) is 10.5 Å². The van der Waals surface area contributed by atoms with Gasteiger partial charge in [0.25, 0.3) is 0 Å². The lowest BCUT2D eigenvalue weighted by Gasteiger charge is -2.01. The zero-order valence-electron chi connectivity index (χ0n) is 9.53. The van der Waals surface area contributed by atoms with Crippen LogP contribution >= 0.6 is 0 Å². The number of aromatic amines is 1. The van der Waals surface area contributed by atoms with Gasteiger partial charge >= 0.3 is 5.97 Å². The van der Waals surface area contributed by atoms with Crippen LogP contribution in [0.15, 0.2) is 0 Å². The van der Waals surface area contributed by atoms with Crippen molar-refractivity contribution in [2.24, 2.45) is 0 Å². The van der Waals surface area contributed by atoms with Crippen LogP contribution in [-0.4, -0.2) is 27.8 Å². The van der Waals surface area contributed by atoms with Gasteiger partial charge in [0.05, 0.1) is 6.61 Å². The monoisotopic (exact) mass is 226 g/mol. The zero-order chi connectivity index (χ0) is 11.8. The molecular formula is C10H18N4O2. The summed E-state index contributed by atoms with van der Waals surface area (Å²) in [6, 6.07) is 0. The predicted molar refractivity (Wildman–Crippen MR) is 59.8 cm³/mol. The number of unbranched alkanes of at least 4 members (excludes halogenated alkanes) is 4. The average molecular weight is 226 g/mol. The number of H-pyrrole nitrogens is 1. The second kappa shape index (κ2) is 6.81. The van der Waals surface area contributed by atoms with Crippen LogP contribution in [0.5, 0.6) is 0 Å². The number of esters is 1. The van der Waals surface area contributed by atoms with Gasteiger partial charge in [-0.1, -0.05) is 32.6 Å². The Morgan fingerprint density at radius 3 is 2.75 bits per heavy atom. The lowest BCUT2D eigenvalue weighted by Crippen LogP contribution is -2.08. The third-order valence-corrected chi connectivity index (χ3v) is 2.18. The first kappa shape index (κ1) is 12.5. The summed E-state index contributed by atoms with van der Waals surface area (Å²) >= 11 is 0. The molecule has 0 spiro atoms. The summed E-state index contributed by atoms with van der Waals surface area (Å²) < 4.78 is 4.99. The number of nitrogens with two attached hydrogens (primary N) is 1. The molecule has 90 valence electrons. The average Bonchev–Trinajstić information content (AvgIpc) is 2.70. The number of hydrogen-bond acceptors (Lipinski definition) is 5. The Bertz CT molecular complexity index is 324. The van der Waals surface area contributed by atoms with Crippen molar-refractivity contribution in [1.29, 1.82) is 0 Å². The summed E-state index contributed by atoms with van der Waals surface area (Å²) in [5.41, 5.74) is 5.26. The van der Waals surface area contributed by atoms with Gasteiger partial charge in [0.1, 0.15) is 0 Å². The smallest absolute Gasteiger partial charge is 0.375 e. The minimum Gasteiger partial charge on any atom is -0.460 e. The summed E-state index contributed by atoms with van der Waals surface area (Å²) in [5.74, 6) is -0.388. The fraction of sp³-hybridized carbons (Fsp3) is 0.700. The Balaban J connectivity index is 2.11. The molecule has 0 amide bonds. The fourth-order valence-electron chi connectivity index (χ4n) is 1.30. The van der Waals surface area contributed by atoms with Crippen LogP contribution in [0.4, 0.5) is 5.95 Å². The summed E-state index contributed by atoms with van der Waals surface area (Å²) in [7, 11) is 0. The van der Waals surface area contributed by atoms with Crippen molar-refractivity contribution in [2.45, 2.75) is 39.0 Å². The number of nitrogens with zero attached hydrogens (tertiary/aromatic N) is 2. The van der Waals surface area contributed by atoms with E-state index < -0.39 is 5.97 Å².